The summed E-state index contributed by atoms with van der Waals surface area (Å²) in [6.07, 6.45) is 1.88. The van der Waals surface area contributed by atoms with Gasteiger partial charge in [-0.15, -0.1) is 0 Å². The molecule has 0 unspecified atom stereocenters. The van der Waals surface area contributed by atoms with Crippen LogP contribution in [0.25, 0.3) is 6.08 Å². The lowest BCUT2D eigenvalue weighted by molar-refractivity contribution is -0.113. The summed E-state index contributed by atoms with van der Waals surface area (Å²) in [7, 11) is 0. The van der Waals surface area contributed by atoms with Crippen molar-refractivity contribution >= 4 is 46.2 Å². The topological polar surface area (TPSA) is 45.1 Å². The first-order valence-electron chi connectivity index (χ1n) is 11.2. The highest BCUT2D eigenvalue weighted by atomic mass is 35.5. The molecule has 2 aliphatic heterocycles. The first-order chi connectivity index (χ1) is 16.7. The number of para-hydroxylation sites is 2. The van der Waals surface area contributed by atoms with Gasteiger partial charge in [0.25, 0.3) is 5.91 Å². The van der Waals surface area contributed by atoms with Gasteiger partial charge in [0.15, 0.2) is 5.17 Å². The van der Waals surface area contributed by atoms with E-state index in [9.17, 15) is 4.79 Å². The molecule has 5 rings (SSSR count). The molecule has 7 heteroatoms. The number of rotatable bonds is 5. The summed E-state index contributed by atoms with van der Waals surface area (Å²) < 4.78 is 6.04. The molecule has 1 saturated heterocycles. The van der Waals surface area contributed by atoms with Crippen LogP contribution in [0.1, 0.15) is 11.1 Å². The molecule has 0 atom stereocenters. The molecule has 0 aliphatic carbocycles. The minimum atomic E-state index is -0.196. The third-order valence-corrected chi connectivity index (χ3v) is 7.09. The van der Waals surface area contributed by atoms with Crippen molar-refractivity contribution in [1.82, 2.24) is 4.90 Å². The van der Waals surface area contributed by atoms with Gasteiger partial charge in [0.2, 0.25) is 0 Å². The average molecular weight is 490 g/mol. The summed E-state index contributed by atoms with van der Waals surface area (Å²) in [6.45, 7) is 3.90. The number of benzene rings is 3. The summed E-state index contributed by atoms with van der Waals surface area (Å²) in [6, 6.07) is 25.7. The van der Waals surface area contributed by atoms with E-state index in [4.69, 9.17) is 16.3 Å². The first-order valence-corrected chi connectivity index (χ1v) is 12.4. The summed E-state index contributed by atoms with van der Waals surface area (Å²) in [5.41, 5.74) is 3.12. The monoisotopic (exact) mass is 489 g/mol. The summed E-state index contributed by atoms with van der Waals surface area (Å²) in [5, 5.41) is 1.48. The van der Waals surface area contributed by atoms with Gasteiger partial charge in [-0.3, -0.25) is 4.79 Å². The highest BCUT2D eigenvalue weighted by Gasteiger charge is 2.28. The molecule has 0 aromatic heterocycles. The molecule has 2 aliphatic rings. The molecular weight excluding hydrogens is 466 g/mol. The van der Waals surface area contributed by atoms with Gasteiger partial charge in [0.05, 0.1) is 4.91 Å². The number of carbonyl (C=O) groups excluding carboxylic acids is 1. The van der Waals surface area contributed by atoms with Crippen LogP contribution in [0.2, 0.25) is 5.02 Å². The highest BCUT2D eigenvalue weighted by Crippen LogP contribution is 2.33. The molecule has 5 nitrogen and oxygen atoms in total. The van der Waals surface area contributed by atoms with Gasteiger partial charge in [-0.25, -0.2) is 0 Å². The second-order valence-electron chi connectivity index (χ2n) is 8.07. The standard InChI is InChI=1S/C27H24ClN3O2S/c28-22-12-10-20(11-13-22)19-33-24-9-5-4-6-21(24)18-25-26(32)29-27(34-25)31-16-14-30(15-17-31)23-7-2-1-3-8-23/h1-13,18H,14-17,19H2/b25-18-. The lowest BCUT2D eigenvalue weighted by atomic mass is 10.2. The van der Waals surface area contributed by atoms with Gasteiger partial charge < -0.3 is 14.5 Å². The van der Waals surface area contributed by atoms with Crippen LogP contribution >= 0.6 is 23.4 Å². The maximum absolute atomic E-state index is 12.7. The van der Waals surface area contributed by atoms with E-state index in [1.165, 1.54) is 17.4 Å². The number of thioether (sulfide) groups is 1. The Labute approximate surface area is 208 Å². The van der Waals surface area contributed by atoms with Crippen molar-refractivity contribution in [3.05, 3.63) is 99.9 Å². The molecule has 3 aromatic rings. The zero-order valence-electron chi connectivity index (χ0n) is 18.6. The largest absolute Gasteiger partial charge is 0.488 e. The SMILES string of the molecule is O=C1N=C(N2CCN(c3ccccc3)CC2)S/C1=C\c1ccccc1OCc1ccc(Cl)cc1. The molecule has 0 N–H and O–H groups in total. The number of amidine groups is 1. The Morgan fingerprint density at radius 1 is 0.882 bits per heavy atom. The maximum Gasteiger partial charge on any atom is 0.286 e. The predicted molar refractivity (Wildman–Crippen MR) is 140 cm³/mol. The van der Waals surface area contributed by atoms with Crippen molar-refractivity contribution < 1.29 is 9.53 Å². The van der Waals surface area contributed by atoms with E-state index in [1.54, 1.807) is 0 Å². The van der Waals surface area contributed by atoms with Crippen LogP contribution in [0.4, 0.5) is 5.69 Å². The van der Waals surface area contributed by atoms with E-state index < -0.39 is 0 Å². The van der Waals surface area contributed by atoms with E-state index in [2.05, 4.69) is 39.1 Å². The lowest BCUT2D eigenvalue weighted by Gasteiger charge is -2.36. The second-order valence-corrected chi connectivity index (χ2v) is 9.52. The van der Waals surface area contributed by atoms with E-state index in [0.29, 0.717) is 16.5 Å². The first kappa shape index (κ1) is 22.6. The molecule has 0 spiro atoms. The third kappa shape index (κ3) is 5.29. The van der Waals surface area contributed by atoms with Crippen LogP contribution in [0.15, 0.2) is 88.8 Å². The number of hydrogen-bond donors (Lipinski definition) is 0. The van der Waals surface area contributed by atoms with Crippen molar-refractivity contribution in [2.24, 2.45) is 4.99 Å². The van der Waals surface area contributed by atoms with Crippen LogP contribution in [0, 0.1) is 0 Å². The third-order valence-electron chi connectivity index (χ3n) is 5.79. The van der Waals surface area contributed by atoms with Crippen molar-refractivity contribution in [2.75, 3.05) is 31.1 Å². The molecular formula is C27H24ClN3O2S. The number of nitrogens with zero attached hydrogens (tertiary/aromatic N) is 3. The molecule has 1 fully saturated rings. The second kappa shape index (κ2) is 10.4. The fourth-order valence-electron chi connectivity index (χ4n) is 3.94. The van der Waals surface area contributed by atoms with Crippen molar-refractivity contribution in [2.45, 2.75) is 6.61 Å². The number of hydrogen-bond acceptors (Lipinski definition) is 5. The number of amides is 1. The Bertz CT molecular complexity index is 1220. The summed E-state index contributed by atoms with van der Waals surface area (Å²) in [5.74, 6) is 0.529. The van der Waals surface area contributed by atoms with E-state index in [-0.39, 0.29) is 5.91 Å². The lowest BCUT2D eigenvalue weighted by Crippen LogP contribution is -2.47. The van der Waals surface area contributed by atoms with Crippen LogP contribution in [0.3, 0.4) is 0 Å². The smallest absolute Gasteiger partial charge is 0.286 e. The van der Waals surface area contributed by atoms with Gasteiger partial charge in [-0.1, -0.05) is 60.1 Å². The Morgan fingerprint density at radius 3 is 2.32 bits per heavy atom. The highest BCUT2D eigenvalue weighted by molar-refractivity contribution is 8.18. The van der Waals surface area contributed by atoms with Gasteiger partial charge >= 0.3 is 0 Å². The van der Waals surface area contributed by atoms with E-state index >= 15 is 0 Å². The number of halogens is 1. The molecule has 172 valence electrons. The fraction of sp³-hybridized carbons (Fsp3) is 0.185. The van der Waals surface area contributed by atoms with Crippen molar-refractivity contribution in [3.8, 4) is 5.75 Å². The van der Waals surface area contributed by atoms with Crippen LogP contribution in [-0.4, -0.2) is 42.2 Å². The number of ether oxygens (including phenoxy) is 1. The number of carbonyl (C=O) groups is 1. The minimum absolute atomic E-state index is 0.196. The van der Waals surface area contributed by atoms with E-state index in [1.807, 2.05) is 60.7 Å². The van der Waals surface area contributed by atoms with Gasteiger partial charge in [-0.2, -0.15) is 4.99 Å². The quantitative estimate of drug-likeness (QED) is 0.429. The molecule has 1 amide bonds. The van der Waals surface area contributed by atoms with Crippen molar-refractivity contribution in [1.29, 1.82) is 0 Å². The molecule has 0 radical (unpaired) electrons. The maximum atomic E-state index is 12.7. The Morgan fingerprint density at radius 2 is 1.56 bits per heavy atom. The van der Waals surface area contributed by atoms with Gasteiger partial charge in [0, 0.05) is 42.5 Å². The van der Waals surface area contributed by atoms with Crippen LogP contribution in [-0.2, 0) is 11.4 Å². The Hall–Kier alpha value is -3.22. The number of piperazine rings is 1. The van der Waals surface area contributed by atoms with E-state index in [0.717, 1.165) is 48.2 Å². The molecule has 0 saturated carbocycles. The van der Waals surface area contributed by atoms with Crippen LogP contribution in [0.5, 0.6) is 5.75 Å². The molecule has 34 heavy (non-hydrogen) atoms. The minimum Gasteiger partial charge on any atom is -0.488 e. The number of anilines is 1. The van der Waals surface area contributed by atoms with Gasteiger partial charge in [-0.05, 0) is 53.7 Å². The Kier molecular flexibility index (Phi) is 6.88. The summed E-state index contributed by atoms with van der Waals surface area (Å²) in [4.78, 5) is 22.2. The zero-order valence-corrected chi connectivity index (χ0v) is 20.1. The normalized spacial score (nSPS) is 17.3. The predicted octanol–water partition coefficient (Wildman–Crippen LogP) is 5.71. The van der Waals surface area contributed by atoms with Crippen molar-refractivity contribution in [3.63, 3.8) is 0 Å². The van der Waals surface area contributed by atoms with Crippen LogP contribution < -0.4 is 9.64 Å². The summed E-state index contributed by atoms with van der Waals surface area (Å²) >= 11 is 7.41. The number of aliphatic imine (C=N–C) groups is 1. The Balaban J connectivity index is 1.23. The zero-order chi connectivity index (χ0) is 23.3. The average Bonchev–Trinajstić information content (AvgIpc) is 3.25. The fourth-order valence-corrected chi connectivity index (χ4v) is 5.02. The molecule has 0 bridgehead atoms. The molecule has 3 aromatic carbocycles. The molecule has 2 heterocycles. The van der Waals surface area contributed by atoms with Gasteiger partial charge in [0.1, 0.15) is 12.4 Å².